The predicted molar refractivity (Wildman–Crippen MR) is 136 cm³/mol. The summed E-state index contributed by atoms with van der Waals surface area (Å²) in [5, 5.41) is 82.3. The predicted octanol–water partition coefficient (Wildman–Crippen LogP) is -8.86. The lowest BCUT2D eigenvalue weighted by Gasteiger charge is -2.47. The summed E-state index contributed by atoms with van der Waals surface area (Å²) in [5.41, 5.74) is 29.9. The average Bonchev–Trinajstić information content (AvgIpc) is 3.27. The van der Waals surface area contributed by atoms with Crippen molar-refractivity contribution < 1.29 is 69.3 Å². The second-order valence-electron chi connectivity index (χ2n) is 11.2. The third-order valence-corrected chi connectivity index (χ3v) is 8.32. The molecule has 4 rings (SSSR count). The van der Waals surface area contributed by atoms with E-state index in [1.54, 1.807) is 0 Å². The number of nitrogens with two attached hydrogens (primary N) is 5. The fourth-order valence-electron chi connectivity index (χ4n) is 5.70. The number of ether oxygens (including phenoxy) is 6. The molecule has 3 heterocycles. The molecule has 0 aromatic rings. The van der Waals surface area contributed by atoms with Crippen molar-refractivity contribution in [3.05, 3.63) is 0 Å². The zero-order valence-corrected chi connectivity index (χ0v) is 22.7. The fraction of sp³-hybridized carbons (Fsp3) is 1.00. The van der Waals surface area contributed by atoms with E-state index in [9.17, 15) is 40.9 Å². The maximum atomic E-state index is 11.1. The maximum Gasteiger partial charge on any atom is 0.187 e. The number of hydrogen-bond donors (Lipinski definition) is 13. The molecule has 18 N–H and O–H groups in total. The van der Waals surface area contributed by atoms with Gasteiger partial charge >= 0.3 is 0 Å². The zero-order chi connectivity index (χ0) is 31.0. The molecule has 0 amide bonds. The Labute approximate surface area is 240 Å². The molecule has 19 nitrogen and oxygen atoms in total. The van der Waals surface area contributed by atoms with Crippen molar-refractivity contribution in [3.63, 3.8) is 0 Å². The van der Waals surface area contributed by atoms with Gasteiger partial charge < -0.3 is 97.9 Å². The van der Waals surface area contributed by atoms with Crippen LogP contribution in [0.4, 0.5) is 0 Å². The van der Waals surface area contributed by atoms with Crippen LogP contribution in [0.3, 0.4) is 0 Å². The normalized spacial score (nSPS) is 53.8. The van der Waals surface area contributed by atoms with Crippen LogP contribution in [0.1, 0.15) is 6.42 Å². The van der Waals surface area contributed by atoms with Gasteiger partial charge in [-0.25, -0.2) is 0 Å². The Morgan fingerprint density at radius 3 is 1.55 bits per heavy atom. The highest BCUT2D eigenvalue weighted by Gasteiger charge is 2.54. The minimum absolute atomic E-state index is 0.0642. The summed E-state index contributed by atoms with van der Waals surface area (Å²) < 4.78 is 34.4. The van der Waals surface area contributed by atoms with Gasteiger partial charge in [-0.05, 0) is 6.42 Å². The summed E-state index contributed by atoms with van der Waals surface area (Å²) in [7, 11) is 0. The quantitative estimate of drug-likeness (QED) is 0.114. The van der Waals surface area contributed by atoms with E-state index in [4.69, 9.17) is 57.1 Å². The Bertz CT molecular complexity index is 866. The second-order valence-corrected chi connectivity index (χ2v) is 11.2. The van der Waals surface area contributed by atoms with Gasteiger partial charge in [-0.1, -0.05) is 0 Å². The van der Waals surface area contributed by atoms with Crippen LogP contribution in [0.25, 0.3) is 0 Å². The lowest BCUT2D eigenvalue weighted by atomic mass is 9.84. The topological polar surface area (TPSA) is 347 Å². The number of rotatable bonds is 9. The van der Waals surface area contributed by atoms with Crippen LogP contribution < -0.4 is 28.7 Å². The van der Waals surface area contributed by atoms with Gasteiger partial charge in [-0.15, -0.1) is 0 Å². The molecule has 4 aliphatic rings. The van der Waals surface area contributed by atoms with Gasteiger partial charge in [-0.3, -0.25) is 0 Å². The lowest BCUT2D eigenvalue weighted by molar-refractivity contribution is -0.310. The smallest absolute Gasteiger partial charge is 0.187 e. The van der Waals surface area contributed by atoms with Crippen molar-refractivity contribution in [2.24, 2.45) is 28.7 Å². The van der Waals surface area contributed by atoms with Gasteiger partial charge in [0, 0.05) is 18.6 Å². The molecule has 1 aliphatic carbocycles. The van der Waals surface area contributed by atoms with Crippen molar-refractivity contribution in [1.29, 1.82) is 0 Å². The van der Waals surface area contributed by atoms with E-state index in [1.165, 1.54) is 0 Å². The molecule has 0 bridgehead atoms. The molecule has 4 fully saturated rings. The maximum absolute atomic E-state index is 11.1. The summed E-state index contributed by atoms with van der Waals surface area (Å²) in [6.07, 6.45) is -20.5. The molecule has 0 aromatic heterocycles. The zero-order valence-electron chi connectivity index (χ0n) is 22.7. The first kappa shape index (κ1) is 34.1. The van der Waals surface area contributed by atoms with Crippen LogP contribution in [-0.4, -0.2) is 177 Å². The van der Waals surface area contributed by atoms with Crippen LogP contribution in [0.5, 0.6) is 0 Å². The SMILES string of the molecule is NC[C@H]1O[C@@H](O[C@H]2[C@@H](O)[C@H](O[C@@H]3[C@@H](O)[C@H](N)C[C@H](N)[C@H]3O[C@H]3O[C@H](CO)[C@@H](O)[C@H](O)[C@H]3N)O[C@@H]2CO)[C@@H](N)[C@H](O)[C@H]1O. The van der Waals surface area contributed by atoms with Crippen molar-refractivity contribution in [1.82, 2.24) is 0 Å². The van der Waals surface area contributed by atoms with Crippen LogP contribution in [0, 0.1) is 0 Å². The van der Waals surface area contributed by atoms with Crippen molar-refractivity contribution >= 4 is 0 Å². The van der Waals surface area contributed by atoms with E-state index in [0.717, 1.165) is 0 Å². The largest absolute Gasteiger partial charge is 0.394 e. The van der Waals surface area contributed by atoms with Gasteiger partial charge in [0.2, 0.25) is 0 Å². The molecule has 3 aliphatic heterocycles. The Kier molecular flexibility index (Phi) is 11.5. The van der Waals surface area contributed by atoms with Gasteiger partial charge in [0.25, 0.3) is 0 Å². The summed E-state index contributed by atoms with van der Waals surface area (Å²) in [6.45, 7) is -1.49. The van der Waals surface area contributed by atoms with Crippen molar-refractivity contribution in [2.45, 2.75) is 123 Å². The molecule has 42 heavy (non-hydrogen) atoms. The average molecular weight is 616 g/mol. The third-order valence-electron chi connectivity index (χ3n) is 8.32. The third kappa shape index (κ3) is 6.60. The highest BCUT2D eigenvalue weighted by Crippen LogP contribution is 2.34. The first-order valence-electron chi connectivity index (χ1n) is 13.8. The highest BCUT2D eigenvalue weighted by molar-refractivity contribution is 5.02. The Hall–Kier alpha value is -0.760. The van der Waals surface area contributed by atoms with E-state index in [2.05, 4.69) is 0 Å². The molecule has 1 saturated carbocycles. The van der Waals surface area contributed by atoms with Gasteiger partial charge in [0.1, 0.15) is 67.1 Å². The lowest BCUT2D eigenvalue weighted by Crippen LogP contribution is -2.68. The molecule has 19 atom stereocenters. The number of aliphatic hydroxyl groups excluding tert-OH is 8. The Morgan fingerprint density at radius 2 is 1.00 bits per heavy atom. The highest BCUT2D eigenvalue weighted by atomic mass is 16.8. The van der Waals surface area contributed by atoms with Crippen molar-refractivity contribution in [2.75, 3.05) is 19.8 Å². The van der Waals surface area contributed by atoms with E-state index in [1.807, 2.05) is 0 Å². The summed E-state index contributed by atoms with van der Waals surface area (Å²) in [6, 6.07) is -4.30. The molecule has 0 unspecified atom stereocenters. The molecule has 0 radical (unpaired) electrons. The molecule has 0 aromatic carbocycles. The first-order valence-corrected chi connectivity index (χ1v) is 13.8. The van der Waals surface area contributed by atoms with Gasteiger partial charge in [-0.2, -0.15) is 0 Å². The molecular weight excluding hydrogens is 570 g/mol. The van der Waals surface area contributed by atoms with E-state index < -0.39 is 129 Å². The van der Waals surface area contributed by atoms with Crippen LogP contribution >= 0.6 is 0 Å². The summed E-state index contributed by atoms with van der Waals surface area (Å²) in [5.74, 6) is 0. The van der Waals surface area contributed by atoms with E-state index in [0.29, 0.717) is 0 Å². The Balaban J connectivity index is 1.50. The molecule has 0 spiro atoms. The minimum Gasteiger partial charge on any atom is -0.394 e. The molecule has 3 saturated heterocycles. The number of aliphatic hydroxyl groups is 8. The van der Waals surface area contributed by atoms with Crippen LogP contribution in [-0.2, 0) is 28.4 Å². The summed E-state index contributed by atoms with van der Waals surface area (Å²) >= 11 is 0. The van der Waals surface area contributed by atoms with Gasteiger partial charge in [0.05, 0.1) is 31.4 Å². The minimum atomic E-state index is -1.62. The summed E-state index contributed by atoms with van der Waals surface area (Å²) in [4.78, 5) is 0. The molecular formula is C23H45N5O14. The van der Waals surface area contributed by atoms with Crippen LogP contribution in [0.15, 0.2) is 0 Å². The van der Waals surface area contributed by atoms with Crippen LogP contribution in [0.2, 0.25) is 0 Å². The second kappa shape index (κ2) is 14.1. The van der Waals surface area contributed by atoms with E-state index in [-0.39, 0.29) is 13.0 Å². The van der Waals surface area contributed by atoms with Gasteiger partial charge in [0.15, 0.2) is 18.9 Å². The Morgan fingerprint density at radius 1 is 0.524 bits per heavy atom. The number of hydrogen-bond acceptors (Lipinski definition) is 19. The molecule has 246 valence electrons. The standard InChI is InChI=1S/C23H45N5O14/c24-2-7-13(32)15(34)10(27)21(37-7)41-19-9(4-30)39-23(17(19)36)42-20-12(31)5(25)1-6(26)18(20)40-22-11(28)16(35)14(33)8(3-29)38-22/h5-23,29-36H,1-4,24-28H2/t5-,6+,7-,8-,9-,10+,11-,12+,13+,14-,15+,16-,17-,18-,19-,20-,21+,22-,23+/m1/s1. The van der Waals surface area contributed by atoms with Crippen molar-refractivity contribution in [3.8, 4) is 0 Å². The fourth-order valence-corrected chi connectivity index (χ4v) is 5.70. The molecule has 19 heteroatoms. The van der Waals surface area contributed by atoms with E-state index >= 15 is 0 Å². The monoisotopic (exact) mass is 615 g/mol. The first-order chi connectivity index (χ1) is 19.8.